The molecule has 2 aromatic heterocycles. The van der Waals surface area contributed by atoms with E-state index in [1.807, 2.05) is 36.4 Å². The van der Waals surface area contributed by atoms with E-state index in [0.717, 1.165) is 136 Å². The van der Waals surface area contributed by atoms with Crippen LogP contribution in [0, 0.1) is 41.5 Å². The molecule has 8 nitrogen and oxygen atoms in total. The van der Waals surface area contributed by atoms with Gasteiger partial charge in [0.2, 0.25) is 0 Å². The Morgan fingerprint density at radius 2 is 0.493 bits per heavy atom. The van der Waals surface area contributed by atoms with E-state index in [1.54, 1.807) is 14.2 Å². The summed E-state index contributed by atoms with van der Waals surface area (Å²) in [7, 11) is 3.43. The summed E-state index contributed by atoms with van der Waals surface area (Å²) in [5, 5.41) is 4.44. The molecule has 2 atom stereocenters. The van der Waals surface area contributed by atoms with Gasteiger partial charge in [0.25, 0.3) is 0 Å². The van der Waals surface area contributed by atoms with E-state index in [-0.39, 0.29) is 21.7 Å². The zero-order valence-corrected chi connectivity index (χ0v) is 79.9. The van der Waals surface area contributed by atoms with Crippen LogP contribution in [0.4, 0.5) is 68.2 Å². The molecule has 0 amide bonds. The summed E-state index contributed by atoms with van der Waals surface area (Å²) in [6, 6.07) is 146. The number of methoxy groups -OCH3 is 2. The van der Waals surface area contributed by atoms with E-state index in [0.29, 0.717) is 0 Å². The number of ether oxygens (including phenoxy) is 2. The van der Waals surface area contributed by atoms with Crippen LogP contribution in [0.1, 0.15) is 121 Å². The fraction of sp³-hybridized carbons (Fsp3) is 0.156. The van der Waals surface area contributed by atoms with Gasteiger partial charge in [-0.1, -0.05) is 248 Å². The van der Waals surface area contributed by atoms with Gasteiger partial charge in [0, 0.05) is 101 Å². The standard InChI is InChI=1S/C70H58N2O2.C58H54N2O2/c1-44-16-8-10-18-55(44)57-33-28-50(38-46(57)3)71(52-31-36-67-61(40-52)59-20-12-14-22-65(59)73-67)49-26-24-48(25-27-49)70(7)43-69(5,6)63-35-30-54(42-64(63)70)72(51-29-34-58(47(4)39-51)56-19-11-9-17-45(56)2)53-32-37-68-62(41-53)60-21-13-15-23-66(60)74-68;1-40-18-22-48(36-53(40)42-14-10-8-11-15-42)59(46-26-31-51(61-6)32-27-46)45-24-20-44(21-25-45)58(5)39-57(3,4)55-35-30-50(38-56(55)58)60(47-28-33-52(62-7)34-29-47)49-23-19-41(2)54(37-49)43-16-12-9-13-17-43/h8-42H,43H2,1-7H3;8-38H,39H2,1-7H3. The Bertz CT molecular complexity index is 7920. The van der Waals surface area contributed by atoms with E-state index in [2.05, 4.69) is 467 Å². The Kier molecular flexibility index (Phi) is 22.4. The third-order valence-corrected chi connectivity index (χ3v) is 29.1. The summed E-state index contributed by atoms with van der Waals surface area (Å²) in [5.74, 6) is 1.66. The van der Waals surface area contributed by atoms with Crippen LogP contribution >= 0.6 is 0 Å². The molecule has 0 saturated carbocycles. The fourth-order valence-electron chi connectivity index (χ4n) is 22.3. The lowest BCUT2D eigenvalue weighted by atomic mass is 9.75. The Morgan fingerprint density at radius 1 is 0.213 bits per heavy atom. The van der Waals surface area contributed by atoms with Gasteiger partial charge in [-0.2, -0.15) is 0 Å². The summed E-state index contributed by atoms with van der Waals surface area (Å²) >= 11 is 0. The molecule has 136 heavy (non-hydrogen) atoms. The predicted octanol–water partition coefficient (Wildman–Crippen LogP) is 35.6. The third-order valence-electron chi connectivity index (χ3n) is 29.1. The maximum atomic E-state index is 6.36. The van der Waals surface area contributed by atoms with Crippen molar-refractivity contribution in [2.75, 3.05) is 33.8 Å². The summed E-state index contributed by atoms with van der Waals surface area (Å²) in [4.78, 5) is 9.57. The van der Waals surface area contributed by atoms with Gasteiger partial charge in [-0.3, -0.25) is 0 Å². The number of rotatable bonds is 20. The van der Waals surface area contributed by atoms with Gasteiger partial charge in [-0.25, -0.2) is 0 Å². The lowest BCUT2D eigenvalue weighted by Gasteiger charge is -2.31. The van der Waals surface area contributed by atoms with Gasteiger partial charge in [-0.05, 0) is 371 Å². The van der Waals surface area contributed by atoms with Gasteiger partial charge in [0.05, 0.1) is 14.2 Å². The molecule has 18 aromatic carbocycles. The van der Waals surface area contributed by atoms with Gasteiger partial charge in [0.1, 0.15) is 33.8 Å². The van der Waals surface area contributed by atoms with Crippen molar-refractivity contribution >= 4 is 112 Å². The molecular formula is C128H112N4O4. The topological polar surface area (TPSA) is 57.7 Å². The van der Waals surface area contributed by atoms with Crippen LogP contribution in [0.5, 0.6) is 11.5 Å². The smallest absolute Gasteiger partial charge is 0.135 e. The Morgan fingerprint density at radius 3 is 0.875 bits per heavy atom. The molecule has 20 aromatic rings. The SMILES string of the molecule is COc1ccc(N(c2ccc(C3(C)CC(C)(C)c4ccc(N(c5ccc(OC)cc5)c5ccc(C)c(-c6ccccc6)c5)cc43)cc2)c2ccc(C)c(-c3ccccc3)c2)cc1.Cc1ccccc1-c1ccc(N(c2ccc(C3(C)CC(C)(C)c4ccc(N(c5ccc(-c6ccccc6C)c(C)c5)c5ccc6oc7ccccc7c6c5)cc43)cc2)c2ccc3oc4ccccc4c3c2)cc1C. The van der Waals surface area contributed by atoms with E-state index in [1.165, 1.54) is 111 Å². The highest BCUT2D eigenvalue weighted by atomic mass is 16.5. The van der Waals surface area contributed by atoms with Crippen molar-refractivity contribution in [1.82, 2.24) is 0 Å². The molecule has 2 aliphatic carbocycles. The number of aryl methyl sites for hydroxylation is 6. The molecule has 0 spiro atoms. The van der Waals surface area contributed by atoms with Crippen molar-refractivity contribution in [1.29, 1.82) is 0 Å². The molecule has 8 heteroatoms. The number of hydrogen-bond acceptors (Lipinski definition) is 8. The van der Waals surface area contributed by atoms with Crippen LogP contribution < -0.4 is 29.1 Å². The molecular weight excluding hydrogens is 1660 g/mol. The second-order valence-electron chi connectivity index (χ2n) is 39.0. The van der Waals surface area contributed by atoms with Crippen molar-refractivity contribution in [3.8, 4) is 56.0 Å². The summed E-state index contributed by atoms with van der Waals surface area (Å²) in [6.45, 7) is 27.7. The molecule has 2 heterocycles. The lowest BCUT2D eigenvalue weighted by Crippen LogP contribution is -2.23. The monoisotopic (exact) mass is 1770 g/mol. The highest BCUT2D eigenvalue weighted by molar-refractivity contribution is 6.08. The first-order valence-electron chi connectivity index (χ1n) is 47.5. The third kappa shape index (κ3) is 15.9. The van der Waals surface area contributed by atoms with Gasteiger partial charge >= 0.3 is 0 Å². The predicted molar refractivity (Wildman–Crippen MR) is 571 cm³/mol. The number of anilines is 12. The zero-order valence-electron chi connectivity index (χ0n) is 79.9. The highest BCUT2D eigenvalue weighted by Gasteiger charge is 2.48. The largest absolute Gasteiger partial charge is 0.497 e. The Labute approximate surface area is 799 Å². The van der Waals surface area contributed by atoms with E-state index in [4.69, 9.17) is 18.3 Å². The zero-order chi connectivity index (χ0) is 93.5. The van der Waals surface area contributed by atoms with Crippen LogP contribution in [-0.2, 0) is 21.7 Å². The number of furan rings is 2. The lowest BCUT2D eigenvalue weighted by molar-refractivity contribution is 0.414. The number of fused-ring (bicyclic) bond motifs is 8. The molecule has 0 N–H and O–H groups in total. The van der Waals surface area contributed by atoms with Gasteiger partial charge in [-0.15, -0.1) is 0 Å². The van der Waals surface area contributed by atoms with Crippen molar-refractivity contribution in [3.63, 3.8) is 0 Å². The Balaban J connectivity index is 0.000000165. The van der Waals surface area contributed by atoms with Crippen molar-refractivity contribution in [3.05, 3.63) is 467 Å². The van der Waals surface area contributed by atoms with Crippen LogP contribution in [0.2, 0.25) is 0 Å². The summed E-state index contributed by atoms with van der Waals surface area (Å²) in [6.07, 6.45) is 1.97. The first-order chi connectivity index (χ1) is 66.0. The second-order valence-corrected chi connectivity index (χ2v) is 39.0. The van der Waals surface area contributed by atoms with Crippen LogP contribution in [0.3, 0.4) is 0 Å². The van der Waals surface area contributed by atoms with E-state index >= 15 is 0 Å². The number of hydrogen-bond donors (Lipinski definition) is 0. The minimum atomic E-state index is -0.278. The van der Waals surface area contributed by atoms with Crippen molar-refractivity contribution in [2.24, 2.45) is 0 Å². The number of benzene rings is 18. The van der Waals surface area contributed by atoms with Crippen molar-refractivity contribution in [2.45, 2.75) is 118 Å². The molecule has 0 fully saturated rings. The maximum absolute atomic E-state index is 6.36. The van der Waals surface area contributed by atoms with Crippen LogP contribution in [-0.4, -0.2) is 14.2 Å². The fourth-order valence-corrected chi connectivity index (χ4v) is 22.3. The second kappa shape index (κ2) is 35.1. The van der Waals surface area contributed by atoms with Gasteiger partial charge in [0.15, 0.2) is 0 Å². The highest BCUT2D eigenvalue weighted by Crippen LogP contribution is 2.58. The van der Waals surface area contributed by atoms with Gasteiger partial charge < -0.3 is 37.9 Å². The molecule has 0 bridgehead atoms. The quantitative estimate of drug-likeness (QED) is 0.0748. The molecule has 0 aliphatic heterocycles. The normalized spacial score (nSPS) is 15.1. The molecule has 668 valence electrons. The number of para-hydroxylation sites is 2. The average Bonchev–Trinajstić information content (AvgIpc) is 1.56. The first-order valence-corrected chi connectivity index (χ1v) is 47.5. The molecule has 2 aliphatic rings. The van der Waals surface area contributed by atoms with E-state index < -0.39 is 0 Å². The van der Waals surface area contributed by atoms with Crippen molar-refractivity contribution < 1.29 is 18.3 Å². The minimum absolute atomic E-state index is 0.0264. The molecule has 0 saturated heterocycles. The maximum Gasteiger partial charge on any atom is 0.135 e. The van der Waals surface area contributed by atoms with Crippen LogP contribution in [0.25, 0.3) is 88.4 Å². The Hall–Kier alpha value is -15.6. The number of nitrogens with zero attached hydrogens (tertiary/aromatic N) is 4. The first kappa shape index (κ1) is 87.0. The molecule has 0 radical (unpaired) electrons. The minimum Gasteiger partial charge on any atom is -0.497 e. The molecule has 2 unspecified atom stereocenters. The summed E-state index contributed by atoms with van der Waals surface area (Å²) in [5.41, 5.74) is 41.5. The summed E-state index contributed by atoms with van der Waals surface area (Å²) < 4.78 is 23.9. The van der Waals surface area contributed by atoms with Crippen LogP contribution in [0.15, 0.2) is 409 Å². The average molecular weight is 1770 g/mol. The molecule has 22 rings (SSSR count). The van der Waals surface area contributed by atoms with E-state index in [9.17, 15) is 0 Å².